The molecule has 0 radical (unpaired) electrons. The first-order valence-corrected chi connectivity index (χ1v) is 13.4. The molecule has 1 aliphatic rings. The van der Waals surface area contributed by atoms with E-state index in [9.17, 15) is 9.59 Å². The molecule has 1 atom stereocenters. The highest BCUT2D eigenvalue weighted by atomic mass is 35.5. The van der Waals surface area contributed by atoms with E-state index in [-0.39, 0.29) is 22.7 Å². The van der Waals surface area contributed by atoms with Crippen LogP contribution in [-0.2, 0) is 6.42 Å². The van der Waals surface area contributed by atoms with Crippen LogP contribution < -0.4 is 19.6 Å². The molecule has 206 valence electrons. The third-order valence-corrected chi connectivity index (χ3v) is 7.39. The number of amides is 1. The third-order valence-electron chi connectivity index (χ3n) is 6.99. The second-order valence-corrected chi connectivity index (χ2v) is 9.92. The fraction of sp³-hybridized carbons (Fsp3) is 0.250. The number of aryl methyl sites for hydroxylation is 1. The predicted molar refractivity (Wildman–Crippen MR) is 155 cm³/mol. The van der Waals surface area contributed by atoms with Gasteiger partial charge in [0, 0.05) is 11.6 Å². The lowest BCUT2D eigenvalue weighted by Crippen LogP contribution is -2.31. The van der Waals surface area contributed by atoms with Crippen molar-refractivity contribution >= 4 is 28.5 Å². The van der Waals surface area contributed by atoms with Gasteiger partial charge < -0.3 is 23.5 Å². The van der Waals surface area contributed by atoms with Crippen molar-refractivity contribution in [2.75, 3.05) is 26.9 Å². The van der Waals surface area contributed by atoms with E-state index in [4.69, 9.17) is 30.2 Å². The number of benzene rings is 3. The van der Waals surface area contributed by atoms with Crippen LogP contribution in [0.4, 0.5) is 0 Å². The molecule has 2 heterocycles. The van der Waals surface area contributed by atoms with E-state index in [1.165, 1.54) is 0 Å². The molecule has 7 nitrogen and oxygen atoms in total. The Kier molecular flexibility index (Phi) is 7.85. The molecule has 40 heavy (non-hydrogen) atoms. The zero-order valence-electron chi connectivity index (χ0n) is 22.7. The molecule has 1 aromatic heterocycles. The molecule has 1 aliphatic heterocycles. The van der Waals surface area contributed by atoms with Crippen LogP contribution in [0.2, 0.25) is 5.02 Å². The number of rotatable bonds is 10. The second-order valence-electron chi connectivity index (χ2n) is 9.51. The van der Waals surface area contributed by atoms with Crippen LogP contribution in [0.3, 0.4) is 0 Å². The summed E-state index contributed by atoms with van der Waals surface area (Å²) in [5.41, 5.74) is 2.83. The average Bonchev–Trinajstić information content (AvgIpc) is 3.24. The first-order valence-electron chi connectivity index (χ1n) is 13.1. The minimum absolute atomic E-state index is 0.0453. The van der Waals surface area contributed by atoms with Crippen LogP contribution in [0, 0.1) is 6.92 Å². The standard InChI is InChI=1S/C32H30ClNO6/c1-5-15-39-25-12-9-21(17-27(25)38-6-2)29-28-30(35)23-18-24(33)19(3)16-26(23)40-31(28)32(36)34(29)14-13-20-7-10-22(37-4)11-8-20/h5,7-12,16-18,29H,1,6,13-15H2,2-4H3. The Balaban J connectivity index is 1.63. The van der Waals surface area contributed by atoms with Crippen molar-refractivity contribution in [2.45, 2.75) is 26.3 Å². The lowest BCUT2D eigenvalue weighted by Gasteiger charge is -2.26. The number of hydrogen-bond acceptors (Lipinski definition) is 6. The number of halogens is 1. The van der Waals surface area contributed by atoms with Gasteiger partial charge in [-0.2, -0.15) is 0 Å². The maximum atomic E-state index is 13.9. The molecule has 5 rings (SSSR count). The highest BCUT2D eigenvalue weighted by Gasteiger charge is 2.43. The predicted octanol–water partition coefficient (Wildman–Crippen LogP) is 6.51. The number of nitrogens with zero attached hydrogens (tertiary/aromatic N) is 1. The highest BCUT2D eigenvalue weighted by molar-refractivity contribution is 6.32. The van der Waals surface area contributed by atoms with Crippen molar-refractivity contribution in [1.82, 2.24) is 4.90 Å². The fourth-order valence-corrected chi connectivity index (χ4v) is 5.15. The summed E-state index contributed by atoms with van der Waals surface area (Å²) in [6.45, 7) is 8.50. The van der Waals surface area contributed by atoms with Crippen molar-refractivity contribution < 1.29 is 23.4 Å². The summed E-state index contributed by atoms with van der Waals surface area (Å²) in [5, 5.41) is 0.791. The number of fused-ring (bicyclic) bond motifs is 2. The topological polar surface area (TPSA) is 78.2 Å². The number of ether oxygens (including phenoxy) is 3. The van der Waals surface area contributed by atoms with E-state index in [0.717, 1.165) is 16.9 Å². The molecule has 0 bridgehead atoms. The molecule has 4 aromatic rings. The van der Waals surface area contributed by atoms with E-state index in [2.05, 4.69) is 6.58 Å². The Bertz CT molecular complexity index is 1640. The summed E-state index contributed by atoms with van der Waals surface area (Å²) in [5.74, 6) is 1.52. The minimum atomic E-state index is -0.686. The van der Waals surface area contributed by atoms with Gasteiger partial charge in [0.15, 0.2) is 16.9 Å². The number of carbonyl (C=O) groups excluding carboxylic acids is 1. The van der Waals surface area contributed by atoms with Gasteiger partial charge in [-0.25, -0.2) is 0 Å². The summed E-state index contributed by atoms with van der Waals surface area (Å²) in [4.78, 5) is 29.5. The van der Waals surface area contributed by atoms with Crippen molar-refractivity contribution in [1.29, 1.82) is 0 Å². The monoisotopic (exact) mass is 559 g/mol. The molecule has 0 spiro atoms. The summed E-state index contributed by atoms with van der Waals surface area (Å²) in [7, 11) is 1.62. The first kappa shape index (κ1) is 27.3. The zero-order chi connectivity index (χ0) is 28.4. The zero-order valence-corrected chi connectivity index (χ0v) is 23.4. The molecule has 0 aliphatic carbocycles. The van der Waals surface area contributed by atoms with Gasteiger partial charge in [0.25, 0.3) is 5.91 Å². The maximum absolute atomic E-state index is 13.9. The molecular weight excluding hydrogens is 530 g/mol. The van der Waals surface area contributed by atoms with Gasteiger partial charge in [0.05, 0.1) is 30.7 Å². The second kappa shape index (κ2) is 11.5. The smallest absolute Gasteiger partial charge is 0.290 e. The van der Waals surface area contributed by atoms with E-state index in [1.54, 1.807) is 36.3 Å². The highest BCUT2D eigenvalue weighted by Crippen LogP contribution is 2.41. The lowest BCUT2D eigenvalue weighted by atomic mass is 9.97. The molecule has 0 fully saturated rings. The van der Waals surface area contributed by atoms with E-state index in [1.807, 2.05) is 50.2 Å². The molecule has 0 saturated carbocycles. The van der Waals surface area contributed by atoms with E-state index >= 15 is 0 Å². The van der Waals surface area contributed by atoms with Crippen LogP contribution in [0.1, 0.15) is 45.8 Å². The van der Waals surface area contributed by atoms with Crippen molar-refractivity contribution in [2.24, 2.45) is 0 Å². The molecule has 1 unspecified atom stereocenters. The molecule has 3 aromatic carbocycles. The van der Waals surface area contributed by atoms with Crippen LogP contribution in [0.15, 0.2) is 76.5 Å². The molecule has 0 N–H and O–H groups in total. The summed E-state index contributed by atoms with van der Waals surface area (Å²) in [6.07, 6.45) is 2.22. The average molecular weight is 560 g/mol. The SMILES string of the molecule is C=CCOc1ccc(C2c3c(oc4cc(C)c(Cl)cc4c3=O)C(=O)N2CCc2ccc(OC)cc2)cc1OCC. The van der Waals surface area contributed by atoms with E-state index in [0.29, 0.717) is 59.2 Å². The normalized spacial score (nSPS) is 14.3. The Hall–Kier alpha value is -4.23. The largest absolute Gasteiger partial charge is 0.497 e. The van der Waals surface area contributed by atoms with Crippen molar-refractivity contribution in [3.05, 3.63) is 111 Å². The Labute approximate surface area is 237 Å². The first-order chi connectivity index (χ1) is 19.4. The Morgan fingerprint density at radius 3 is 2.52 bits per heavy atom. The molecule has 1 amide bonds. The Morgan fingerprint density at radius 2 is 1.82 bits per heavy atom. The van der Waals surface area contributed by atoms with Gasteiger partial charge in [-0.1, -0.05) is 42.5 Å². The fourth-order valence-electron chi connectivity index (χ4n) is 4.99. The quantitative estimate of drug-likeness (QED) is 0.206. The van der Waals surface area contributed by atoms with Gasteiger partial charge in [-0.05, 0) is 73.4 Å². The minimum Gasteiger partial charge on any atom is -0.497 e. The Morgan fingerprint density at radius 1 is 1.05 bits per heavy atom. The maximum Gasteiger partial charge on any atom is 0.290 e. The molecule has 0 saturated heterocycles. The van der Waals surface area contributed by atoms with Crippen LogP contribution in [-0.4, -0.2) is 37.7 Å². The lowest BCUT2D eigenvalue weighted by molar-refractivity contribution is 0.0729. The van der Waals surface area contributed by atoms with Crippen molar-refractivity contribution in [3.8, 4) is 17.2 Å². The number of methoxy groups -OCH3 is 1. The van der Waals surface area contributed by atoms with Crippen LogP contribution in [0.25, 0.3) is 11.0 Å². The molecule has 8 heteroatoms. The van der Waals surface area contributed by atoms with E-state index < -0.39 is 6.04 Å². The summed E-state index contributed by atoms with van der Waals surface area (Å²) >= 11 is 6.37. The number of carbonyl (C=O) groups is 1. The van der Waals surface area contributed by atoms with Gasteiger partial charge in [-0.3, -0.25) is 9.59 Å². The van der Waals surface area contributed by atoms with Crippen LogP contribution >= 0.6 is 11.6 Å². The van der Waals surface area contributed by atoms with Crippen molar-refractivity contribution in [3.63, 3.8) is 0 Å². The van der Waals surface area contributed by atoms with Crippen LogP contribution in [0.5, 0.6) is 17.2 Å². The summed E-state index contributed by atoms with van der Waals surface area (Å²) in [6, 6.07) is 15.8. The van der Waals surface area contributed by atoms with Gasteiger partial charge >= 0.3 is 0 Å². The van der Waals surface area contributed by atoms with Gasteiger partial charge in [-0.15, -0.1) is 0 Å². The number of hydrogen-bond donors (Lipinski definition) is 0. The van der Waals surface area contributed by atoms with Gasteiger partial charge in [0.2, 0.25) is 5.76 Å². The van der Waals surface area contributed by atoms with Gasteiger partial charge in [0.1, 0.15) is 17.9 Å². The third kappa shape index (κ3) is 5.05. The summed E-state index contributed by atoms with van der Waals surface area (Å²) < 4.78 is 23.0. The molecular formula is C32H30ClNO6.